The number of carbonyl (C=O) groups is 2. The number of anilines is 1. The van der Waals surface area contributed by atoms with Crippen molar-refractivity contribution in [2.45, 2.75) is 32.2 Å². The lowest BCUT2D eigenvalue weighted by Gasteiger charge is -2.34. The van der Waals surface area contributed by atoms with Gasteiger partial charge in [0.25, 0.3) is 0 Å². The lowest BCUT2D eigenvalue weighted by molar-refractivity contribution is 0.0697. The molecule has 1 aliphatic heterocycles. The van der Waals surface area contributed by atoms with E-state index in [1.165, 1.54) is 0 Å². The lowest BCUT2D eigenvalue weighted by Crippen LogP contribution is -2.49. The number of nitrogens with one attached hydrogen (secondary N) is 1. The highest BCUT2D eigenvalue weighted by molar-refractivity contribution is 5.97. The van der Waals surface area contributed by atoms with E-state index < -0.39 is 5.97 Å². The van der Waals surface area contributed by atoms with E-state index in [4.69, 9.17) is 5.11 Å². The number of carboxylic acids is 1. The molecular weight excluding hydrogens is 256 g/mol. The summed E-state index contributed by atoms with van der Waals surface area (Å²) in [7, 11) is 0. The first-order valence-electron chi connectivity index (χ1n) is 6.99. The van der Waals surface area contributed by atoms with E-state index in [0.29, 0.717) is 12.5 Å². The van der Waals surface area contributed by atoms with Crippen molar-refractivity contribution in [1.82, 2.24) is 5.32 Å². The van der Waals surface area contributed by atoms with Gasteiger partial charge in [-0.15, -0.1) is 0 Å². The first-order chi connectivity index (χ1) is 9.54. The maximum absolute atomic E-state index is 12.3. The Morgan fingerprint density at radius 3 is 2.75 bits per heavy atom. The monoisotopic (exact) mass is 274 g/mol. The molecule has 5 heteroatoms. The summed E-state index contributed by atoms with van der Waals surface area (Å²) in [6.45, 7) is 2.79. The molecule has 106 valence electrons. The standard InChI is InChI=1S/C15H18N2O3/c1-9-6-12(7-9)16-15(20)17-5-4-10-2-3-11(14(18)19)8-13(10)17/h2-3,8-9,12H,4-7H2,1H3,(H,16,20)(H,18,19). The van der Waals surface area contributed by atoms with Crippen LogP contribution in [-0.2, 0) is 6.42 Å². The molecule has 0 spiro atoms. The number of aromatic carboxylic acids is 1. The first-order valence-corrected chi connectivity index (χ1v) is 6.99. The number of amides is 2. The van der Waals surface area contributed by atoms with E-state index in [0.717, 1.165) is 30.5 Å². The van der Waals surface area contributed by atoms with Crippen LogP contribution in [0.3, 0.4) is 0 Å². The van der Waals surface area contributed by atoms with Gasteiger partial charge in [0, 0.05) is 18.3 Å². The van der Waals surface area contributed by atoms with E-state index in [1.54, 1.807) is 23.1 Å². The number of hydrogen-bond acceptors (Lipinski definition) is 2. The number of carbonyl (C=O) groups excluding carboxylic acids is 1. The summed E-state index contributed by atoms with van der Waals surface area (Å²) < 4.78 is 0. The second kappa shape index (κ2) is 4.81. The van der Waals surface area contributed by atoms with Crippen LogP contribution in [0.2, 0.25) is 0 Å². The third-order valence-electron chi connectivity index (χ3n) is 4.17. The van der Waals surface area contributed by atoms with E-state index in [1.807, 2.05) is 0 Å². The number of benzene rings is 1. The van der Waals surface area contributed by atoms with Crippen LogP contribution in [0.15, 0.2) is 18.2 Å². The van der Waals surface area contributed by atoms with E-state index in [9.17, 15) is 9.59 Å². The van der Waals surface area contributed by atoms with Crippen molar-refractivity contribution in [3.05, 3.63) is 29.3 Å². The topological polar surface area (TPSA) is 69.6 Å². The van der Waals surface area contributed by atoms with Crippen LogP contribution < -0.4 is 10.2 Å². The van der Waals surface area contributed by atoms with Gasteiger partial charge < -0.3 is 10.4 Å². The Labute approximate surface area is 117 Å². The minimum Gasteiger partial charge on any atom is -0.478 e. The Morgan fingerprint density at radius 2 is 2.10 bits per heavy atom. The van der Waals surface area contributed by atoms with Gasteiger partial charge in [-0.25, -0.2) is 9.59 Å². The van der Waals surface area contributed by atoms with Crippen LogP contribution in [0, 0.1) is 5.92 Å². The van der Waals surface area contributed by atoms with Gasteiger partial charge in [0.05, 0.1) is 5.56 Å². The maximum Gasteiger partial charge on any atom is 0.335 e. The molecule has 0 saturated heterocycles. The summed E-state index contributed by atoms with van der Waals surface area (Å²) in [6.07, 6.45) is 2.84. The van der Waals surface area contributed by atoms with Gasteiger partial charge in [0.15, 0.2) is 0 Å². The van der Waals surface area contributed by atoms with E-state index >= 15 is 0 Å². The second-order valence-corrected chi connectivity index (χ2v) is 5.77. The number of urea groups is 1. The zero-order valence-corrected chi connectivity index (χ0v) is 11.4. The minimum atomic E-state index is -0.965. The molecule has 2 amide bonds. The molecule has 2 aliphatic rings. The van der Waals surface area contributed by atoms with E-state index in [2.05, 4.69) is 12.2 Å². The third kappa shape index (κ3) is 2.24. The molecule has 0 atom stereocenters. The Balaban J connectivity index is 1.75. The normalized spacial score (nSPS) is 23.9. The Kier molecular flexibility index (Phi) is 3.12. The molecule has 3 rings (SSSR count). The number of hydrogen-bond donors (Lipinski definition) is 2. The average Bonchev–Trinajstić information content (AvgIpc) is 2.79. The molecule has 0 bridgehead atoms. The van der Waals surface area contributed by atoms with Crippen LogP contribution in [0.4, 0.5) is 10.5 Å². The molecule has 5 nitrogen and oxygen atoms in total. The highest BCUT2D eigenvalue weighted by Gasteiger charge is 2.31. The van der Waals surface area contributed by atoms with Crippen LogP contribution in [0.25, 0.3) is 0 Å². The van der Waals surface area contributed by atoms with Crippen molar-refractivity contribution in [3.8, 4) is 0 Å². The predicted octanol–water partition coefficient (Wildman–Crippen LogP) is 2.26. The predicted molar refractivity (Wildman–Crippen MR) is 75.2 cm³/mol. The molecule has 0 aromatic heterocycles. The highest BCUT2D eigenvalue weighted by atomic mass is 16.4. The van der Waals surface area contributed by atoms with Gasteiger partial charge in [-0.2, -0.15) is 0 Å². The van der Waals surface area contributed by atoms with Gasteiger partial charge >= 0.3 is 12.0 Å². The Morgan fingerprint density at radius 1 is 1.35 bits per heavy atom. The summed E-state index contributed by atoms with van der Waals surface area (Å²) >= 11 is 0. The molecule has 1 aliphatic carbocycles. The lowest BCUT2D eigenvalue weighted by atomic mass is 9.82. The summed E-state index contributed by atoms with van der Waals surface area (Å²) in [5, 5.41) is 12.1. The van der Waals surface area contributed by atoms with Gasteiger partial charge in [-0.05, 0) is 42.9 Å². The molecule has 1 aromatic rings. The number of rotatable bonds is 2. The van der Waals surface area contributed by atoms with Crippen LogP contribution in [-0.4, -0.2) is 29.7 Å². The van der Waals surface area contributed by atoms with Crippen LogP contribution in [0.5, 0.6) is 0 Å². The van der Waals surface area contributed by atoms with Crippen LogP contribution in [0.1, 0.15) is 35.7 Å². The largest absolute Gasteiger partial charge is 0.478 e. The molecule has 1 fully saturated rings. The molecule has 1 saturated carbocycles. The zero-order chi connectivity index (χ0) is 14.3. The first kappa shape index (κ1) is 13.0. The number of carboxylic acid groups (broad SMARTS) is 1. The van der Waals surface area contributed by atoms with E-state index in [-0.39, 0.29) is 17.6 Å². The van der Waals surface area contributed by atoms with Crippen molar-refractivity contribution >= 4 is 17.7 Å². The molecule has 0 unspecified atom stereocenters. The average molecular weight is 274 g/mol. The van der Waals surface area contributed by atoms with Crippen molar-refractivity contribution in [2.24, 2.45) is 5.92 Å². The third-order valence-corrected chi connectivity index (χ3v) is 4.17. The summed E-state index contributed by atoms with van der Waals surface area (Å²) in [4.78, 5) is 25.0. The summed E-state index contributed by atoms with van der Waals surface area (Å²) in [6, 6.07) is 5.15. The quantitative estimate of drug-likeness (QED) is 0.869. The second-order valence-electron chi connectivity index (χ2n) is 5.77. The molecule has 1 heterocycles. The highest BCUT2D eigenvalue weighted by Crippen LogP contribution is 2.31. The fourth-order valence-electron chi connectivity index (χ4n) is 3.00. The molecule has 2 N–H and O–H groups in total. The van der Waals surface area contributed by atoms with Crippen molar-refractivity contribution in [2.75, 3.05) is 11.4 Å². The Hall–Kier alpha value is -2.04. The van der Waals surface area contributed by atoms with Crippen molar-refractivity contribution in [3.63, 3.8) is 0 Å². The van der Waals surface area contributed by atoms with Crippen molar-refractivity contribution < 1.29 is 14.7 Å². The van der Waals surface area contributed by atoms with Gasteiger partial charge in [0.2, 0.25) is 0 Å². The minimum absolute atomic E-state index is 0.108. The van der Waals surface area contributed by atoms with Gasteiger partial charge in [-0.3, -0.25) is 4.90 Å². The molecule has 0 radical (unpaired) electrons. The maximum atomic E-state index is 12.3. The molecular formula is C15H18N2O3. The number of fused-ring (bicyclic) bond motifs is 1. The van der Waals surface area contributed by atoms with Crippen LogP contribution >= 0.6 is 0 Å². The molecule has 20 heavy (non-hydrogen) atoms. The van der Waals surface area contributed by atoms with Gasteiger partial charge in [0.1, 0.15) is 0 Å². The summed E-state index contributed by atoms with van der Waals surface area (Å²) in [5.41, 5.74) is 1.99. The van der Waals surface area contributed by atoms with Gasteiger partial charge in [-0.1, -0.05) is 13.0 Å². The molecule has 1 aromatic carbocycles. The van der Waals surface area contributed by atoms with Crippen molar-refractivity contribution in [1.29, 1.82) is 0 Å². The fourth-order valence-corrected chi connectivity index (χ4v) is 3.00. The fraction of sp³-hybridized carbons (Fsp3) is 0.467. The number of nitrogens with zero attached hydrogens (tertiary/aromatic N) is 1. The zero-order valence-electron chi connectivity index (χ0n) is 11.4. The smallest absolute Gasteiger partial charge is 0.335 e. The Bertz CT molecular complexity index is 564. The SMILES string of the molecule is CC1CC(NC(=O)N2CCc3ccc(C(=O)O)cc32)C1. The summed E-state index contributed by atoms with van der Waals surface area (Å²) in [5.74, 6) is -0.280.